The SMILES string of the molecule is COC(C)(C)Cc1ocnc1CO. The first-order valence-electron chi connectivity index (χ1n) is 4.16. The van der Waals surface area contributed by atoms with Gasteiger partial charge in [-0.3, -0.25) is 0 Å². The minimum atomic E-state index is -0.288. The molecule has 4 heteroatoms. The molecule has 74 valence electrons. The zero-order valence-corrected chi connectivity index (χ0v) is 8.20. The van der Waals surface area contributed by atoms with Crippen LogP contribution in [0.4, 0.5) is 0 Å². The van der Waals surface area contributed by atoms with Crippen LogP contribution in [0.5, 0.6) is 0 Å². The van der Waals surface area contributed by atoms with Crippen LogP contribution < -0.4 is 0 Å². The number of rotatable bonds is 4. The number of oxazole rings is 1. The molecule has 4 nitrogen and oxygen atoms in total. The van der Waals surface area contributed by atoms with E-state index >= 15 is 0 Å². The number of ether oxygens (including phenoxy) is 1. The standard InChI is InChI=1S/C9H15NO3/c1-9(2,12-3)4-8-7(5-11)10-6-13-8/h6,11H,4-5H2,1-3H3. The molecule has 0 atom stereocenters. The maximum atomic E-state index is 8.91. The molecule has 0 bridgehead atoms. The Bertz CT molecular complexity index is 268. The number of methoxy groups -OCH3 is 1. The Labute approximate surface area is 77.5 Å². The van der Waals surface area contributed by atoms with Gasteiger partial charge >= 0.3 is 0 Å². The normalized spacial score (nSPS) is 12.0. The second kappa shape index (κ2) is 3.89. The highest BCUT2D eigenvalue weighted by Gasteiger charge is 2.21. The fourth-order valence-corrected chi connectivity index (χ4v) is 1.03. The topological polar surface area (TPSA) is 55.5 Å². The van der Waals surface area contributed by atoms with Crippen LogP contribution in [0.3, 0.4) is 0 Å². The van der Waals surface area contributed by atoms with Crippen molar-refractivity contribution in [2.75, 3.05) is 7.11 Å². The maximum absolute atomic E-state index is 8.91. The first-order valence-corrected chi connectivity index (χ1v) is 4.16. The van der Waals surface area contributed by atoms with Gasteiger partial charge in [0.15, 0.2) is 6.39 Å². The van der Waals surface area contributed by atoms with E-state index in [9.17, 15) is 0 Å². The van der Waals surface area contributed by atoms with Crippen molar-refractivity contribution in [1.82, 2.24) is 4.98 Å². The summed E-state index contributed by atoms with van der Waals surface area (Å²) in [4.78, 5) is 3.88. The molecule has 0 saturated heterocycles. The summed E-state index contributed by atoms with van der Waals surface area (Å²) in [7, 11) is 1.65. The zero-order chi connectivity index (χ0) is 9.90. The Morgan fingerprint density at radius 3 is 2.85 bits per heavy atom. The van der Waals surface area contributed by atoms with Gasteiger partial charge in [-0.25, -0.2) is 4.98 Å². The Morgan fingerprint density at radius 1 is 1.62 bits per heavy atom. The van der Waals surface area contributed by atoms with Gasteiger partial charge in [-0.05, 0) is 13.8 Å². The van der Waals surface area contributed by atoms with Crippen LogP contribution in [0.15, 0.2) is 10.8 Å². The summed E-state index contributed by atoms with van der Waals surface area (Å²) in [5.74, 6) is 0.689. The summed E-state index contributed by atoms with van der Waals surface area (Å²) in [6.07, 6.45) is 1.95. The molecule has 1 aromatic heterocycles. The highest BCUT2D eigenvalue weighted by atomic mass is 16.5. The van der Waals surface area contributed by atoms with Crippen molar-refractivity contribution in [3.63, 3.8) is 0 Å². The fraction of sp³-hybridized carbons (Fsp3) is 0.667. The summed E-state index contributed by atoms with van der Waals surface area (Å²) in [6.45, 7) is 3.82. The Balaban J connectivity index is 2.73. The van der Waals surface area contributed by atoms with Gasteiger partial charge in [0.1, 0.15) is 11.5 Å². The van der Waals surface area contributed by atoms with Gasteiger partial charge in [0.2, 0.25) is 0 Å². The zero-order valence-electron chi connectivity index (χ0n) is 8.20. The van der Waals surface area contributed by atoms with Crippen molar-refractivity contribution in [2.45, 2.75) is 32.5 Å². The van der Waals surface area contributed by atoms with Gasteiger partial charge in [0.05, 0.1) is 12.2 Å². The minimum absolute atomic E-state index is 0.0916. The maximum Gasteiger partial charge on any atom is 0.181 e. The van der Waals surface area contributed by atoms with Crippen LogP contribution >= 0.6 is 0 Å². The number of nitrogens with zero attached hydrogens (tertiary/aromatic N) is 1. The fourth-order valence-electron chi connectivity index (χ4n) is 1.03. The quantitative estimate of drug-likeness (QED) is 0.764. The van der Waals surface area contributed by atoms with Crippen molar-refractivity contribution in [3.05, 3.63) is 17.8 Å². The summed E-state index contributed by atoms with van der Waals surface area (Å²) in [5, 5.41) is 8.91. The molecule has 0 aliphatic heterocycles. The molecule has 0 amide bonds. The number of hydrogen-bond acceptors (Lipinski definition) is 4. The minimum Gasteiger partial charge on any atom is -0.448 e. The van der Waals surface area contributed by atoms with Gasteiger partial charge in [0, 0.05) is 13.5 Å². The van der Waals surface area contributed by atoms with Gasteiger partial charge < -0.3 is 14.3 Å². The Hall–Kier alpha value is -0.870. The molecule has 1 heterocycles. The van der Waals surface area contributed by atoms with E-state index in [-0.39, 0.29) is 12.2 Å². The van der Waals surface area contributed by atoms with Crippen molar-refractivity contribution >= 4 is 0 Å². The van der Waals surface area contributed by atoms with Crippen LogP contribution in [-0.4, -0.2) is 22.8 Å². The van der Waals surface area contributed by atoms with E-state index in [1.807, 2.05) is 13.8 Å². The first-order chi connectivity index (χ1) is 6.09. The Morgan fingerprint density at radius 2 is 2.31 bits per heavy atom. The van der Waals surface area contributed by atoms with Gasteiger partial charge in [-0.1, -0.05) is 0 Å². The van der Waals surface area contributed by atoms with Crippen LogP contribution in [0.1, 0.15) is 25.3 Å². The van der Waals surface area contributed by atoms with Crippen molar-refractivity contribution in [2.24, 2.45) is 0 Å². The van der Waals surface area contributed by atoms with Crippen LogP contribution in [-0.2, 0) is 17.8 Å². The molecule has 0 spiro atoms. The van der Waals surface area contributed by atoms with E-state index in [4.69, 9.17) is 14.3 Å². The molecule has 1 N–H and O–H groups in total. The van der Waals surface area contributed by atoms with Crippen molar-refractivity contribution < 1.29 is 14.3 Å². The van der Waals surface area contributed by atoms with Gasteiger partial charge in [-0.15, -0.1) is 0 Å². The summed E-state index contributed by atoms with van der Waals surface area (Å²) < 4.78 is 10.4. The third-order valence-electron chi connectivity index (χ3n) is 2.01. The lowest BCUT2D eigenvalue weighted by atomic mass is 10.0. The van der Waals surface area contributed by atoms with E-state index in [0.29, 0.717) is 17.9 Å². The van der Waals surface area contributed by atoms with Crippen LogP contribution in [0.2, 0.25) is 0 Å². The van der Waals surface area contributed by atoms with Gasteiger partial charge in [-0.2, -0.15) is 0 Å². The lowest BCUT2D eigenvalue weighted by molar-refractivity contribution is 0.0187. The predicted molar refractivity (Wildman–Crippen MR) is 47.2 cm³/mol. The number of hydrogen-bond donors (Lipinski definition) is 1. The molecule has 0 aliphatic rings. The predicted octanol–water partition coefficient (Wildman–Crippen LogP) is 1.13. The van der Waals surface area contributed by atoms with E-state index in [0.717, 1.165) is 0 Å². The number of aliphatic hydroxyl groups excluding tert-OH is 1. The smallest absolute Gasteiger partial charge is 0.181 e. The van der Waals surface area contributed by atoms with Crippen molar-refractivity contribution in [1.29, 1.82) is 0 Å². The lowest BCUT2D eigenvalue weighted by Crippen LogP contribution is -2.25. The number of aromatic nitrogens is 1. The van der Waals surface area contributed by atoms with E-state index in [1.165, 1.54) is 6.39 Å². The summed E-state index contributed by atoms with van der Waals surface area (Å²) in [5.41, 5.74) is 0.300. The molecular formula is C9H15NO3. The molecule has 1 rings (SSSR count). The monoisotopic (exact) mass is 185 g/mol. The number of aliphatic hydroxyl groups is 1. The largest absolute Gasteiger partial charge is 0.448 e. The molecule has 0 unspecified atom stereocenters. The third kappa shape index (κ3) is 2.54. The van der Waals surface area contributed by atoms with E-state index < -0.39 is 0 Å². The van der Waals surface area contributed by atoms with Crippen molar-refractivity contribution in [3.8, 4) is 0 Å². The molecule has 1 aromatic rings. The average Bonchev–Trinajstić information content (AvgIpc) is 2.51. The molecule has 0 aliphatic carbocycles. The second-order valence-corrected chi connectivity index (χ2v) is 3.52. The summed E-state index contributed by atoms with van der Waals surface area (Å²) in [6, 6.07) is 0. The first kappa shape index (κ1) is 10.2. The Kier molecular flexibility index (Phi) is 3.06. The third-order valence-corrected chi connectivity index (χ3v) is 2.01. The average molecular weight is 185 g/mol. The van der Waals surface area contributed by atoms with E-state index in [2.05, 4.69) is 4.98 Å². The molecule has 13 heavy (non-hydrogen) atoms. The molecule has 0 saturated carbocycles. The van der Waals surface area contributed by atoms with Gasteiger partial charge in [0.25, 0.3) is 0 Å². The van der Waals surface area contributed by atoms with Crippen LogP contribution in [0, 0.1) is 0 Å². The van der Waals surface area contributed by atoms with Crippen LogP contribution in [0.25, 0.3) is 0 Å². The lowest BCUT2D eigenvalue weighted by Gasteiger charge is -2.21. The molecule has 0 radical (unpaired) electrons. The molecular weight excluding hydrogens is 170 g/mol. The summed E-state index contributed by atoms with van der Waals surface area (Å²) >= 11 is 0. The van der Waals surface area contributed by atoms with E-state index in [1.54, 1.807) is 7.11 Å². The molecule has 0 aromatic carbocycles. The molecule has 0 fully saturated rings. The highest BCUT2D eigenvalue weighted by Crippen LogP contribution is 2.18. The second-order valence-electron chi connectivity index (χ2n) is 3.52. The highest BCUT2D eigenvalue weighted by molar-refractivity contribution is 5.08.